The molecule has 0 aromatic heterocycles. The first-order valence-corrected chi connectivity index (χ1v) is 9.53. The maximum absolute atomic E-state index is 5.49. The van der Waals surface area contributed by atoms with Gasteiger partial charge in [0.15, 0.2) is 16.6 Å². The molecule has 0 atom stereocenters. The molecule has 0 unspecified atom stereocenters. The molecule has 4 nitrogen and oxygen atoms in total. The van der Waals surface area contributed by atoms with Gasteiger partial charge < -0.3 is 20.1 Å². The fourth-order valence-electron chi connectivity index (χ4n) is 3.09. The van der Waals surface area contributed by atoms with Crippen molar-refractivity contribution in [1.29, 1.82) is 0 Å². The first kappa shape index (κ1) is 19.7. The highest BCUT2D eigenvalue weighted by atomic mass is 32.1. The van der Waals surface area contributed by atoms with E-state index in [-0.39, 0.29) is 0 Å². The highest BCUT2D eigenvalue weighted by Gasteiger charge is 2.10. The van der Waals surface area contributed by atoms with Crippen LogP contribution >= 0.6 is 12.2 Å². The Bertz CT molecular complexity index is 929. The average molecular weight is 393 g/mol. The zero-order chi connectivity index (χ0) is 19.8. The molecule has 0 fully saturated rings. The molecule has 0 bridgehead atoms. The molecule has 3 rings (SSSR count). The SMILES string of the molecule is COc1cccc(CCNC(=S)Nc2ccccc2-c2ccccc2)c1OC. The van der Waals surface area contributed by atoms with Crippen molar-refractivity contribution in [2.75, 3.05) is 26.1 Å². The standard InChI is InChI=1S/C23H24N2O2S/c1-26-21-14-8-11-18(22(21)27-2)15-16-24-23(28)25-20-13-7-6-12-19(20)17-9-4-3-5-10-17/h3-14H,15-16H2,1-2H3,(H2,24,25,28). The number of ether oxygens (including phenoxy) is 2. The molecule has 0 saturated heterocycles. The first-order valence-electron chi connectivity index (χ1n) is 9.12. The molecule has 2 N–H and O–H groups in total. The van der Waals surface area contributed by atoms with E-state index in [0.29, 0.717) is 11.7 Å². The van der Waals surface area contributed by atoms with Gasteiger partial charge in [0, 0.05) is 17.8 Å². The van der Waals surface area contributed by atoms with E-state index in [4.69, 9.17) is 21.7 Å². The summed E-state index contributed by atoms with van der Waals surface area (Å²) >= 11 is 5.49. The van der Waals surface area contributed by atoms with Crippen molar-refractivity contribution in [3.8, 4) is 22.6 Å². The molecule has 0 aliphatic rings. The zero-order valence-electron chi connectivity index (χ0n) is 16.1. The van der Waals surface area contributed by atoms with E-state index in [1.54, 1.807) is 14.2 Å². The van der Waals surface area contributed by atoms with Gasteiger partial charge in [0.2, 0.25) is 0 Å². The minimum atomic E-state index is 0.588. The van der Waals surface area contributed by atoms with E-state index in [9.17, 15) is 0 Å². The highest BCUT2D eigenvalue weighted by Crippen LogP contribution is 2.31. The molecule has 144 valence electrons. The molecule has 3 aromatic carbocycles. The van der Waals surface area contributed by atoms with Crippen molar-refractivity contribution >= 4 is 23.0 Å². The summed E-state index contributed by atoms with van der Waals surface area (Å²) in [5.41, 5.74) is 4.31. The van der Waals surface area contributed by atoms with Crippen molar-refractivity contribution in [2.24, 2.45) is 0 Å². The Morgan fingerprint density at radius 3 is 2.36 bits per heavy atom. The van der Waals surface area contributed by atoms with Crippen LogP contribution in [-0.2, 0) is 6.42 Å². The molecule has 5 heteroatoms. The average Bonchev–Trinajstić information content (AvgIpc) is 2.74. The second-order valence-corrected chi connectivity index (χ2v) is 6.60. The number of benzene rings is 3. The topological polar surface area (TPSA) is 42.5 Å². The van der Waals surface area contributed by atoms with Crippen molar-refractivity contribution in [3.63, 3.8) is 0 Å². The van der Waals surface area contributed by atoms with Gasteiger partial charge in [0.05, 0.1) is 14.2 Å². The Hall–Kier alpha value is -3.05. The predicted octanol–water partition coefficient (Wildman–Crippen LogP) is 4.90. The van der Waals surface area contributed by atoms with Crippen molar-refractivity contribution in [3.05, 3.63) is 78.4 Å². The van der Waals surface area contributed by atoms with Crippen molar-refractivity contribution in [2.45, 2.75) is 6.42 Å². The summed E-state index contributed by atoms with van der Waals surface area (Å²) in [6.45, 7) is 0.683. The van der Waals surface area contributed by atoms with Gasteiger partial charge in [-0.3, -0.25) is 0 Å². The van der Waals surface area contributed by atoms with Gasteiger partial charge in [0.1, 0.15) is 0 Å². The molecule has 3 aromatic rings. The van der Waals surface area contributed by atoms with Crippen LogP contribution in [0, 0.1) is 0 Å². The van der Waals surface area contributed by atoms with Gasteiger partial charge in [-0.2, -0.15) is 0 Å². The second kappa shape index (κ2) is 9.76. The van der Waals surface area contributed by atoms with Gasteiger partial charge in [-0.05, 0) is 41.9 Å². The van der Waals surface area contributed by atoms with Crippen LogP contribution in [0.25, 0.3) is 11.1 Å². The first-order chi connectivity index (χ1) is 13.7. The number of hydrogen-bond donors (Lipinski definition) is 2. The Morgan fingerprint density at radius 1 is 0.857 bits per heavy atom. The molecule has 0 radical (unpaired) electrons. The van der Waals surface area contributed by atoms with E-state index in [0.717, 1.165) is 40.3 Å². The van der Waals surface area contributed by atoms with Crippen LogP contribution in [0.5, 0.6) is 11.5 Å². The third kappa shape index (κ3) is 4.81. The number of thiocarbonyl (C=S) groups is 1. The van der Waals surface area contributed by atoms with Crippen LogP contribution in [0.3, 0.4) is 0 Å². The minimum absolute atomic E-state index is 0.588. The zero-order valence-corrected chi connectivity index (χ0v) is 16.9. The lowest BCUT2D eigenvalue weighted by Gasteiger charge is -2.15. The summed E-state index contributed by atoms with van der Waals surface area (Å²) in [4.78, 5) is 0. The summed E-state index contributed by atoms with van der Waals surface area (Å²) in [5, 5.41) is 7.17. The highest BCUT2D eigenvalue weighted by molar-refractivity contribution is 7.80. The molecule has 0 saturated carbocycles. The molecular weight excluding hydrogens is 368 g/mol. The van der Waals surface area contributed by atoms with Crippen molar-refractivity contribution < 1.29 is 9.47 Å². The lowest BCUT2D eigenvalue weighted by Crippen LogP contribution is -2.30. The largest absolute Gasteiger partial charge is 0.493 e. The summed E-state index contributed by atoms with van der Waals surface area (Å²) in [5.74, 6) is 1.50. The summed E-state index contributed by atoms with van der Waals surface area (Å²) < 4.78 is 10.8. The number of rotatable bonds is 7. The lowest BCUT2D eigenvalue weighted by molar-refractivity contribution is 0.351. The molecule has 0 aliphatic carbocycles. The number of methoxy groups -OCH3 is 2. The summed E-state index contributed by atoms with van der Waals surface area (Å²) in [6, 6.07) is 24.3. The smallest absolute Gasteiger partial charge is 0.170 e. The molecule has 0 amide bonds. The summed E-state index contributed by atoms with van der Waals surface area (Å²) in [7, 11) is 3.30. The van der Waals surface area contributed by atoms with Gasteiger partial charge in [0.25, 0.3) is 0 Å². The number of anilines is 1. The third-order valence-corrected chi connectivity index (χ3v) is 4.67. The Kier molecular flexibility index (Phi) is 6.87. The van der Waals surface area contributed by atoms with E-state index in [1.807, 2.05) is 54.6 Å². The van der Waals surface area contributed by atoms with Crippen LogP contribution < -0.4 is 20.1 Å². The molecule has 28 heavy (non-hydrogen) atoms. The van der Waals surface area contributed by atoms with Crippen LogP contribution in [0.4, 0.5) is 5.69 Å². The van der Waals surface area contributed by atoms with Crippen LogP contribution in [-0.4, -0.2) is 25.9 Å². The number of para-hydroxylation sites is 2. The second-order valence-electron chi connectivity index (χ2n) is 6.20. The lowest BCUT2D eigenvalue weighted by atomic mass is 10.0. The number of hydrogen-bond acceptors (Lipinski definition) is 3. The minimum Gasteiger partial charge on any atom is -0.493 e. The molecule has 0 heterocycles. The van der Waals surface area contributed by atoms with Gasteiger partial charge in [-0.25, -0.2) is 0 Å². The normalized spacial score (nSPS) is 10.2. The van der Waals surface area contributed by atoms with Gasteiger partial charge in [-0.15, -0.1) is 0 Å². The van der Waals surface area contributed by atoms with Crippen LogP contribution in [0.15, 0.2) is 72.8 Å². The van der Waals surface area contributed by atoms with Crippen LogP contribution in [0.1, 0.15) is 5.56 Å². The maximum Gasteiger partial charge on any atom is 0.170 e. The van der Waals surface area contributed by atoms with E-state index < -0.39 is 0 Å². The molecule has 0 aliphatic heterocycles. The quantitative estimate of drug-likeness (QED) is 0.560. The summed E-state index contributed by atoms with van der Waals surface area (Å²) in [6.07, 6.45) is 0.766. The molecular formula is C23H24N2O2S. The monoisotopic (exact) mass is 392 g/mol. The Morgan fingerprint density at radius 2 is 1.61 bits per heavy atom. The Labute approximate surface area is 171 Å². The van der Waals surface area contributed by atoms with E-state index in [1.165, 1.54) is 0 Å². The Balaban J connectivity index is 1.62. The van der Waals surface area contributed by atoms with Crippen LogP contribution in [0.2, 0.25) is 0 Å². The third-order valence-electron chi connectivity index (χ3n) is 4.42. The fourth-order valence-corrected chi connectivity index (χ4v) is 3.30. The maximum atomic E-state index is 5.49. The predicted molar refractivity (Wildman–Crippen MR) is 119 cm³/mol. The van der Waals surface area contributed by atoms with Gasteiger partial charge >= 0.3 is 0 Å². The van der Waals surface area contributed by atoms with E-state index in [2.05, 4.69) is 28.8 Å². The van der Waals surface area contributed by atoms with Gasteiger partial charge in [-0.1, -0.05) is 60.7 Å². The molecule has 0 spiro atoms. The fraction of sp³-hybridized carbons (Fsp3) is 0.174. The number of nitrogens with one attached hydrogen (secondary N) is 2. The van der Waals surface area contributed by atoms with E-state index >= 15 is 0 Å². The van der Waals surface area contributed by atoms with Crippen molar-refractivity contribution in [1.82, 2.24) is 5.32 Å².